The molecule has 0 radical (unpaired) electrons. The number of carboxylic acids is 1. The topological polar surface area (TPSA) is 105 Å². The molecule has 2 bridgehead atoms. The molecule has 3 N–H and O–H groups in total. The van der Waals surface area contributed by atoms with Crippen molar-refractivity contribution in [2.45, 2.75) is 108 Å². The molecule has 1 unspecified atom stereocenters. The van der Waals surface area contributed by atoms with Crippen molar-refractivity contribution in [3.8, 4) is 0 Å². The van der Waals surface area contributed by atoms with Crippen LogP contribution in [0.4, 0.5) is 5.82 Å². The van der Waals surface area contributed by atoms with Gasteiger partial charge in [0.05, 0.1) is 17.1 Å². The molecular formula is C30H43N5O3. The number of nitrogens with zero attached hydrogens (tertiary/aromatic N) is 4. The Hall–Kier alpha value is -2.45. The normalized spacial score (nSPS) is 34.1. The maximum absolute atomic E-state index is 14.0. The monoisotopic (exact) mass is 521 g/mol. The van der Waals surface area contributed by atoms with Crippen LogP contribution in [-0.2, 0) is 4.79 Å². The molecule has 8 nitrogen and oxygen atoms in total. The number of aromatic nitrogens is 2. The number of piperidine rings is 1. The number of hydrogen-bond donors (Lipinski definition) is 2. The summed E-state index contributed by atoms with van der Waals surface area (Å²) >= 11 is 0. The van der Waals surface area contributed by atoms with Gasteiger partial charge in [-0.25, -0.2) is 9.78 Å². The van der Waals surface area contributed by atoms with Crippen LogP contribution in [0.15, 0.2) is 29.1 Å². The first-order chi connectivity index (χ1) is 18.4. The van der Waals surface area contributed by atoms with Crippen molar-refractivity contribution in [1.82, 2.24) is 14.5 Å². The van der Waals surface area contributed by atoms with Crippen LogP contribution in [0.1, 0.15) is 83.6 Å². The average molecular weight is 522 g/mol. The molecule has 206 valence electrons. The Morgan fingerprint density at radius 2 is 1.79 bits per heavy atom. The summed E-state index contributed by atoms with van der Waals surface area (Å²) in [5.41, 5.74) is 7.41. The Morgan fingerprint density at radius 3 is 2.47 bits per heavy atom. The van der Waals surface area contributed by atoms with Crippen molar-refractivity contribution in [3.05, 3.63) is 34.6 Å². The van der Waals surface area contributed by atoms with Gasteiger partial charge in [-0.15, -0.1) is 0 Å². The summed E-state index contributed by atoms with van der Waals surface area (Å²) in [6.45, 7) is 3.62. The van der Waals surface area contributed by atoms with Crippen molar-refractivity contribution in [3.63, 3.8) is 0 Å². The van der Waals surface area contributed by atoms with E-state index in [4.69, 9.17) is 5.73 Å². The summed E-state index contributed by atoms with van der Waals surface area (Å²) in [7, 11) is 0. The molecule has 8 heteroatoms. The average Bonchev–Trinajstić information content (AvgIpc) is 3.06. The molecule has 4 aliphatic rings. The fourth-order valence-electron chi connectivity index (χ4n) is 8.28. The number of benzene rings is 1. The van der Waals surface area contributed by atoms with E-state index in [1.165, 1.54) is 44.9 Å². The number of nitrogens with two attached hydrogens (primary N) is 1. The molecule has 2 aromatic rings. The highest BCUT2D eigenvalue weighted by atomic mass is 16.4. The molecule has 6 rings (SSSR count). The number of para-hydroxylation sites is 2. The zero-order valence-corrected chi connectivity index (χ0v) is 22.7. The molecule has 3 heterocycles. The van der Waals surface area contributed by atoms with E-state index in [1.807, 2.05) is 28.8 Å². The van der Waals surface area contributed by atoms with Gasteiger partial charge in [0.15, 0.2) is 5.82 Å². The number of carboxylic acid groups (broad SMARTS) is 1. The van der Waals surface area contributed by atoms with Gasteiger partial charge in [-0.3, -0.25) is 9.69 Å². The lowest BCUT2D eigenvalue weighted by atomic mass is 9.76. The third-order valence-corrected chi connectivity index (χ3v) is 9.99. The second-order valence-corrected chi connectivity index (χ2v) is 12.4. The highest BCUT2D eigenvalue weighted by Gasteiger charge is 2.45. The highest BCUT2D eigenvalue weighted by Crippen LogP contribution is 2.43. The number of likely N-dealkylation sites (tertiary alicyclic amines) is 1. The third-order valence-electron chi connectivity index (χ3n) is 9.99. The SMILES string of the molecule is CCC[C@@H]1C[C@H](n2c(=O)c(N3C[C@@H](N)[C@H]3C(=O)O)nc3ccccc32)CCN1C1C[C@H]2CCCC[C@@H](C1)C2. The molecule has 2 saturated heterocycles. The molecule has 2 aliphatic heterocycles. The molecule has 38 heavy (non-hydrogen) atoms. The second kappa shape index (κ2) is 10.6. The standard InChI is InChI=1S/C30H43N5O3/c1-2-7-21-17-22(12-13-33(21)23-15-19-8-3-4-9-20(14-19)16-23)35-26-11-6-5-10-25(26)32-28(29(35)36)34-18-24(31)27(34)30(37)38/h5-6,10-11,19-24,27H,2-4,7-9,12-18,31H2,1H3,(H,37,38)/t19-,20+,21-,22-,23?,24-,27+/m1/s1. The molecule has 1 aromatic heterocycles. The lowest BCUT2D eigenvalue weighted by Gasteiger charge is -2.48. The first-order valence-electron chi connectivity index (χ1n) is 15.0. The zero-order valence-electron chi connectivity index (χ0n) is 22.7. The Balaban J connectivity index is 1.31. The molecule has 1 aromatic carbocycles. The van der Waals surface area contributed by atoms with Crippen LogP contribution in [0.5, 0.6) is 0 Å². The summed E-state index contributed by atoms with van der Waals surface area (Å²) in [5, 5.41) is 9.72. The predicted molar refractivity (Wildman–Crippen MR) is 150 cm³/mol. The fraction of sp³-hybridized carbons (Fsp3) is 0.700. The minimum Gasteiger partial charge on any atom is -0.480 e. The molecule has 2 aliphatic carbocycles. The Morgan fingerprint density at radius 1 is 1.05 bits per heavy atom. The van der Waals surface area contributed by atoms with Crippen molar-refractivity contribution >= 4 is 22.8 Å². The van der Waals surface area contributed by atoms with Gasteiger partial charge in [-0.1, -0.05) is 51.2 Å². The van der Waals surface area contributed by atoms with Crippen molar-refractivity contribution in [2.24, 2.45) is 17.6 Å². The van der Waals surface area contributed by atoms with Gasteiger partial charge >= 0.3 is 5.97 Å². The lowest BCUT2D eigenvalue weighted by Crippen LogP contribution is -2.69. The van der Waals surface area contributed by atoms with Crippen LogP contribution in [0.25, 0.3) is 11.0 Å². The smallest absolute Gasteiger partial charge is 0.328 e. The summed E-state index contributed by atoms with van der Waals surface area (Å²) in [5.74, 6) is 0.999. The number of hydrogen-bond acceptors (Lipinski definition) is 6. The first kappa shape index (κ1) is 25.8. The van der Waals surface area contributed by atoms with Crippen molar-refractivity contribution in [2.75, 3.05) is 18.0 Å². The van der Waals surface area contributed by atoms with Gasteiger partial charge in [0, 0.05) is 31.2 Å². The maximum Gasteiger partial charge on any atom is 0.328 e. The number of rotatable bonds is 6. The van der Waals surface area contributed by atoms with Crippen LogP contribution in [0.2, 0.25) is 0 Å². The third kappa shape index (κ3) is 4.64. The summed E-state index contributed by atoms with van der Waals surface area (Å²) in [6.07, 6.45) is 13.9. The Bertz CT molecular complexity index is 1220. The van der Waals surface area contributed by atoms with E-state index in [2.05, 4.69) is 16.8 Å². The minimum absolute atomic E-state index is 0.0750. The maximum atomic E-state index is 14.0. The first-order valence-corrected chi connectivity index (χ1v) is 15.0. The van der Waals surface area contributed by atoms with E-state index in [9.17, 15) is 14.7 Å². The van der Waals surface area contributed by atoms with Crippen LogP contribution in [0.3, 0.4) is 0 Å². The number of aliphatic carboxylic acids is 1. The number of fused-ring (bicyclic) bond motifs is 3. The highest BCUT2D eigenvalue weighted by molar-refractivity contribution is 5.83. The van der Waals surface area contributed by atoms with Crippen molar-refractivity contribution in [1.29, 1.82) is 0 Å². The van der Waals surface area contributed by atoms with E-state index in [-0.39, 0.29) is 17.4 Å². The van der Waals surface area contributed by atoms with Crippen LogP contribution in [0, 0.1) is 11.8 Å². The lowest BCUT2D eigenvalue weighted by molar-refractivity contribution is -0.140. The van der Waals surface area contributed by atoms with Crippen LogP contribution in [-0.4, -0.2) is 62.8 Å². The molecule has 4 fully saturated rings. The minimum atomic E-state index is -1.01. The van der Waals surface area contributed by atoms with E-state index in [0.29, 0.717) is 18.6 Å². The molecular weight excluding hydrogens is 478 g/mol. The molecule has 7 atom stereocenters. The summed E-state index contributed by atoms with van der Waals surface area (Å²) in [4.78, 5) is 35.0. The van der Waals surface area contributed by atoms with E-state index in [1.54, 1.807) is 4.90 Å². The van der Waals surface area contributed by atoms with Gasteiger partial charge in [0.2, 0.25) is 0 Å². The van der Waals surface area contributed by atoms with E-state index >= 15 is 0 Å². The van der Waals surface area contributed by atoms with Crippen molar-refractivity contribution < 1.29 is 9.90 Å². The van der Waals surface area contributed by atoms with Gasteiger partial charge in [0.1, 0.15) is 6.04 Å². The molecule has 2 saturated carbocycles. The van der Waals surface area contributed by atoms with Crippen LogP contribution >= 0.6 is 0 Å². The molecule has 0 amide bonds. The van der Waals surface area contributed by atoms with Gasteiger partial charge in [-0.05, 0) is 62.5 Å². The predicted octanol–water partition coefficient (Wildman–Crippen LogP) is 4.16. The molecule has 0 spiro atoms. The van der Waals surface area contributed by atoms with Crippen LogP contribution < -0.4 is 16.2 Å². The van der Waals surface area contributed by atoms with E-state index < -0.39 is 18.1 Å². The van der Waals surface area contributed by atoms with Gasteiger partial charge < -0.3 is 20.3 Å². The Kier molecular flexibility index (Phi) is 7.20. The summed E-state index contributed by atoms with van der Waals surface area (Å²) < 4.78 is 1.95. The second-order valence-electron chi connectivity index (χ2n) is 12.4. The number of carbonyl (C=O) groups is 1. The zero-order chi connectivity index (χ0) is 26.4. The fourth-order valence-corrected chi connectivity index (χ4v) is 8.28. The number of anilines is 1. The quantitative estimate of drug-likeness (QED) is 0.588. The summed E-state index contributed by atoms with van der Waals surface area (Å²) in [6, 6.07) is 7.61. The van der Waals surface area contributed by atoms with E-state index in [0.717, 1.165) is 55.1 Å². The van der Waals surface area contributed by atoms with Gasteiger partial charge in [0.25, 0.3) is 5.56 Å². The largest absolute Gasteiger partial charge is 0.480 e. The van der Waals surface area contributed by atoms with Gasteiger partial charge in [-0.2, -0.15) is 0 Å². The Labute approximate surface area is 225 Å².